The number of hydrogen-bond acceptors (Lipinski definition) is 1. The molecule has 1 aliphatic carbocycles. The first-order chi connectivity index (χ1) is 14.5. The van der Waals surface area contributed by atoms with E-state index in [0.717, 1.165) is 19.3 Å². The van der Waals surface area contributed by atoms with Crippen molar-refractivity contribution in [3.8, 4) is 0 Å². The summed E-state index contributed by atoms with van der Waals surface area (Å²) in [5.74, 6) is 0.525. The summed E-state index contributed by atoms with van der Waals surface area (Å²) >= 11 is 0. The Kier molecular flexibility index (Phi) is 5.79. The van der Waals surface area contributed by atoms with Crippen LogP contribution in [0.15, 0.2) is 91.0 Å². The zero-order valence-electron chi connectivity index (χ0n) is 18.3. The summed E-state index contributed by atoms with van der Waals surface area (Å²) in [6, 6.07) is 33.2. The molecule has 0 saturated heterocycles. The van der Waals surface area contributed by atoms with E-state index in [2.05, 4.69) is 112 Å². The Bertz CT molecular complexity index is 877. The number of Topliss-reactive ketones (excluding diaryl/α,β-unsaturated/α-hetero) is 1. The third kappa shape index (κ3) is 3.58. The second-order valence-electron chi connectivity index (χ2n) is 9.71. The summed E-state index contributed by atoms with van der Waals surface area (Å²) in [6.45, 7) is 6.77. The van der Waals surface area contributed by atoms with E-state index in [4.69, 9.17) is 0 Å². The van der Waals surface area contributed by atoms with E-state index in [-0.39, 0.29) is 11.3 Å². The Morgan fingerprint density at radius 1 is 0.700 bits per heavy atom. The SMILES string of the molecule is CC(C)(C)[C@@H]1C(=O)CCC[C@@H]1[Si](c1ccccc1)(c1ccccc1)c1ccccc1. The molecule has 3 aromatic rings. The van der Waals surface area contributed by atoms with Crippen molar-refractivity contribution in [1.29, 1.82) is 0 Å². The first-order valence-electron chi connectivity index (χ1n) is 11.1. The first-order valence-corrected chi connectivity index (χ1v) is 13.2. The van der Waals surface area contributed by atoms with Crippen molar-refractivity contribution in [3.05, 3.63) is 91.0 Å². The molecule has 0 N–H and O–H groups in total. The minimum Gasteiger partial charge on any atom is -0.299 e. The average Bonchev–Trinajstić information content (AvgIpc) is 2.76. The number of carbonyl (C=O) groups excluding carboxylic acids is 1. The second kappa shape index (κ2) is 8.35. The molecule has 0 aromatic heterocycles. The van der Waals surface area contributed by atoms with Gasteiger partial charge >= 0.3 is 0 Å². The number of rotatable bonds is 4. The quantitative estimate of drug-likeness (QED) is 0.438. The van der Waals surface area contributed by atoms with Gasteiger partial charge in [0.15, 0.2) is 8.07 Å². The van der Waals surface area contributed by atoms with Crippen LogP contribution in [0.25, 0.3) is 0 Å². The lowest BCUT2D eigenvalue weighted by Crippen LogP contribution is -2.72. The van der Waals surface area contributed by atoms with Gasteiger partial charge in [-0.3, -0.25) is 4.79 Å². The molecule has 0 heterocycles. The highest BCUT2D eigenvalue weighted by atomic mass is 28.3. The van der Waals surface area contributed by atoms with Crippen LogP contribution in [0.2, 0.25) is 5.54 Å². The van der Waals surface area contributed by atoms with E-state index in [1.807, 2.05) is 0 Å². The normalized spacial score (nSPS) is 20.2. The van der Waals surface area contributed by atoms with Gasteiger partial charge in [0.1, 0.15) is 5.78 Å². The molecule has 2 heteroatoms. The molecule has 1 nitrogen and oxygen atoms in total. The summed E-state index contributed by atoms with van der Waals surface area (Å²) in [7, 11) is -2.46. The van der Waals surface area contributed by atoms with Crippen molar-refractivity contribution in [2.45, 2.75) is 45.6 Å². The van der Waals surface area contributed by atoms with Gasteiger partial charge in [-0.25, -0.2) is 0 Å². The minimum atomic E-state index is -2.46. The Balaban J connectivity index is 2.08. The van der Waals surface area contributed by atoms with Gasteiger partial charge < -0.3 is 0 Å². The van der Waals surface area contributed by atoms with Crippen molar-refractivity contribution in [2.75, 3.05) is 0 Å². The van der Waals surface area contributed by atoms with Crippen LogP contribution < -0.4 is 15.6 Å². The van der Waals surface area contributed by atoms with Crippen LogP contribution in [0.3, 0.4) is 0 Å². The van der Waals surface area contributed by atoms with Gasteiger partial charge in [0.25, 0.3) is 0 Å². The Morgan fingerprint density at radius 2 is 1.10 bits per heavy atom. The van der Waals surface area contributed by atoms with Crippen molar-refractivity contribution in [1.82, 2.24) is 0 Å². The molecule has 0 aliphatic heterocycles. The third-order valence-electron chi connectivity index (χ3n) is 6.86. The van der Waals surface area contributed by atoms with Crippen LogP contribution in [-0.2, 0) is 4.79 Å². The molecule has 4 rings (SSSR count). The van der Waals surface area contributed by atoms with Crippen LogP contribution in [-0.4, -0.2) is 13.9 Å². The highest BCUT2D eigenvalue weighted by Crippen LogP contribution is 2.47. The number of ketones is 1. The highest BCUT2D eigenvalue weighted by Gasteiger charge is 2.54. The number of hydrogen-bond donors (Lipinski definition) is 0. The lowest BCUT2D eigenvalue weighted by atomic mass is 9.71. The first kappa shape index (κ1) is 20.8. The third-order valence-corrected chi connectivity index (χ3v) is 12.3. The molecule has 0 bridgehead atoms. The van der Waals surface area contributed by atoms with Gasteiger partial charge in [0.2, 0.25) is 0 Å². The molecule has 1 saturated carbocycles. The maximum absolute atomic E-state index is 13.4. The second-order valence-corrected chi connectivity index (χ2v) is 13.8. The molecular formula is C28H32OSi. The minimum absolute atomic E-state index is 0.0568. The topological polar surface area (TPSA) is 17.1 Å². The molecule has 154 valence electrons. The van der Waals surface area contributed by atoms with Gasteiger partial charge in [-0.15, -0.1) is 0 Å². The maximum atomic E-state index is 13.4. The Morgan fingerprint density at radius 3 is 1.47 bits per heavy atom. The van der Waals surface area contributed by atoms with Crippen molar-refractivity contribution in [2.24, 2.45) is 11.3 Å². The lowest BCUT2D eigenvalue weighted by Gasteiger charge is -2.49. The van der Waals surface area contributed by atoms with Crippen molar-refractivity contribution < 1.29 is 4.79 Å². The van der Waals surface area contributed by atoms with Gasteiger partial charge in [0, 0.05) is 12.3 Å². The van der Waals surface area contributed by atoms with E-state index >= 15 is 0 Å². The number of benzene rings is 3. The maximum Gasteiger partial charge on any atom is 0.151 e. The molecule has 1 fully saturated rings. The predicted molar refractivity (Wildman–Crippen MR) is 130 cm³/mol. The van der Waals surface area contributed by atoms with Crippen LogP contribution in [0, 0.1) is 11.3 Å². The number of carbonyl (C=O) groups is 1. The van der Waals surface area contributed by atoms with E-state index in [1.165, 1.54) is 15.6 Å². The van der Waals surface area contributed by atoms with E-state index in [9.17, 15) is 4.79 Å². The molecular weight excluding hydrogens is 380 g/mol. The Hall–Kier alpha value is -2.45. The van der Waals surface area contributed by atoms with Crippen molar-refractivity contribution in [3.63, 3.8) is 0 Å². The molecule has 3 aromatic carbocycles. The summed E-state index contributed by atoms with van der Waals surface area (Å²) in [5, 5.41) is 4.24. The fourth-order valence-corrected chi connectivity index (χ4v) is 12.1. The standard InChI is InChI=1S/C28H32OSi/c1-28(2,3)27-25(29)20-13-21-26(27)30(22-14-7-4-8-15-22,23-16-9-5-10-17-23)24-18-11-6-12-19-24/h4-12,14-19,26-27H,13,20-21H2,1-3H3/t26-,27+/m0/s1. The largest absolute Gasteiger partial charge is 0.299 e. The average molecular weight is 413 g/mol. The Labute approximate surface area is 182 Å². The molecule has 0 radical (unpaired) electrons. The van der Waals surface area contributed by atoms with E-state index in [1.54, 1.807) is 0 Å². The highest BCUT2D eigenvalue weighted by molar-refractivity contribution is 7.12. The van der Waals surface area contributed by atoms with E-state index < -0.39 is 8.07 Å². The fourth-order valence-electron chi connectivity index (χ4n) is 5.84. The van der Waals surface area contributed by atoms with Crippen LogP contribution in [0.4, 0.5) is 0 Å². The summed E-state index contributed by atoms with van der Waals surface area (Å²) in [6.07, 6.45) is 2.83. The van der Waals surface area contributed by atoms with Crippen molar-refractivity contribution >= 4 is 29.4 Å². The van der Waals surface area contributed by atoms with Gasteiger partial charge in [0.05, 0.1) is 0 Å². The molecule has 0 amide bonds. The lowest BCUT2D eigenvalue weighted by molar-refractivity contribution is -0.128. The van der Waals surface area contributed by atoms with Crippen LogP contribution in [0.1, 0.15) is 40.0 Å². The fraction of sp³-hybridized carbons (Fsp3) is 0.321. The van der Waals surface area contributed by atoms with Crippen LogP contribution >= 0.6 is 0 Å². The smallest absolute Gasteiger partial charge is 0.151 e. The van der Waals surface area contributed by atoms with Gasteiger partial charge in [-0.05, 0) is 32.9 Å². The summed E-state index contributed by atoms with van der Waals surface area (Å²) < 4.78 is 0. The van der Waals surface area contributed by atoms with Gasteiger partial charge in [-0.2, -0.15) is 0 Å². The van der Waals surface area contributed by atoms with Crippen LogP contribution in [0.5, 0.6) is 0 Å². The summed E-state index contributed by atoms with van der Waals surface area (Å²) in [4.78, 5) is 13.4. The monoisotopic (exact) mass is 412 g/mol. The molecule has 0 spiro atoms. The zero-order valence-corrected chi connectivity index (χ0v) is 19.3. The summed E-state index contributed by atoms with van der Waals surface area (Å²) in [5.41, 5.74) is 0.282. The molecule has 0 unspecified atom stereocenters. The zero-order chi connectivity index (χ0) is 21.2. The molecule has 2 atom stereocenters. The van der Waals surface area contributed by atoms with E-state index in [0.29, 0.717) is 11.3 Å². The van der Waals surface area contributed by atoms with Gasteiger partial charge in [-0.1, -0.05) is 118 Å². The molecule has 1 aliphatic rings. The predicted octanol–water partition coefficient (Wildman–Crippen LogP) is 4.94. The molecule has 30 heavy (non-hydrogen) atoms.